The number of aryl methyl sites for hydroxylation is 1. The number of rotatable bonds is 6. The molecule has 5 rings (SSSR count). The van der Waals surface area contributed by atoms with E-state index in [1.165, 1.54) is 16.2 Å². The second-order valence-electron chi connectivity index (χ2n) is 10.5. The molecular weight excluding hydrogens is 508 g/mol. The lowest BCUT2D eigenvalue weighted by molar-refractivity contribution is -0.117. The number of aliphatic hydroxyl groups is 1. The van der Waals surface area contributed by atoms with Crippen LogP contribution in [0.1, 0.15) is 53.3 Å². The third-order valence-corrected chi connectivity index (χ3v) is 8.10. The maximum absolute atomic E-state index is 14.1. The highest BCUT2D eigenvalue weighted by molar-refractivity contribution is 7.17. The smallest absolute Gasteiger partial charge is 0.294 e. The van der Waals surface area contributed by atoms with E-state index < -0.39 is 23.5 Å². The minimum atomic E-state index is -0.845. The molecule has 3 aromatic carbocycles. The average Bonchev–Trinajstić information content (AvgIpc) is 3.45. The van der Waals surface area contributed by atoms with Gasteiger partial charge in [0, 0.05) is 11.3 Å². The van der Waals surface area contributed by atoms with Crippen LogP contribution in [0.3, 0.4) is 0 Å². The zero-order valence-electron chi connectivity index (χ0n) is 22.6. The van der Waals surface area contributed by atoms with Crippen LogP contribution in [-0.2, 0) is 10.2 Å². The van der Waals surface area contributed by atoms with Gasteiger partial charge >= 0.3 is 0 Å². The molecule has 0 saturated heterocycles. The zero-order chi connectivity index (χ0) is 27.9. The molecule has 6 nitrogen and oxygen atoms in total. The Morgan fingerprint density at radius 3 is 2.33 bits per heavy atom. The van der Waals surface area contributed by atoms with Crippen LogP contribution in [0.2, 0.25) is 0 Å². The van der Waals surface area contributed by atoms with E-state index in [1.807, 2.05) is 66.7 Å². The summed E-state index contributed by atoms with van der Waals surface area (Å²) < 4.78 is 5.44. The van der Waals surface area contributed by atoms with E-state index in [-0.39, 0.29) is 11.0 Å². The number of nitrogens with zero attached hydrogens (tertiary/aromatic N) is 2. The molecule has 0 fully saturated rings. The molecule has 39 heavy (non-hydrogen) atoms. The van der Waals surface area contributed by atoms with Crippen molar-refractivity contribution in [3.8, 4) is 16.3 Å². The number of aromatic nitrogens is 1. The summed E-state index contributed by atoms with van der Waals surface area (Å²) in [7, 11) is 1.56. The molecule has 0 aliphatic carbocycles. The van der Waals surface area contributed by atoms with E-state index in [2.05, 4.69) is 25.8 Å². The molecule has 0 radical (unpaired) electrons. The molecule has 0 saturated carbocycles. The monoisotopic (exact) mass is 538 g/mol. The van der Waals surface area contributed by atoms with E-state index in [9.17, 15) is 14.7 Å². The van der Waals surface area contributed by atoms with Crippen molar-refractivity contribution in [3.05, 3.63) is 112 Å². The van der Waals surface area contributed by atoms with E-state index >= 15 is 0 Å². The molecule has 1 aromatic heterocycles. The summed E-state index contributed by atoms with van der Waals surface area (Å²) in [5, 5.41) is 11.9. The minimum absolute atomic E-state index is 0.0273. The lowest BCUT2D eigenvalue weighted by Gasteiger charge is -2.28. The number of carbonyl (C=O) groups is 2. The summed E-state index contributed by atoms with van der Waals surface area (Å²) in [6.07, 6.45) is 0. The molecule has 4 aromatic rings. The fraction of sp³-hybridized carbons (Fsp3) is 0.219. The van der Waals surface area contributed by atoms with Crippen LogP contribution in [0.25, 0.3) is 10.6 Å². The van der Waals surface area contributed by atoms with Gasteiger partial charge in [-0.1, -0.05) is 75.4 Å². The normalized spacial score (nSPS) is 15.7. The molecule has 1 amide bonds. The van der Waals surface area contributed by atoms with Crippen molar-refractivity contribution in [2.75, 3.05) is 12.0 Å². The molecule has 0 bridgehead atoms. The quantitative estimate of drug-likeness (QED) is 0.263. The van der Waals surface area contributed by atoms with Crippen LogP contribution < -0.4 is 9.64 Å². The molecule has 1 aliphatic heterocycles. The Balaban J connectivity index is 1.62. The summed E-state index contributed by atoms with van der Waals surface area (Å²) >= 11 is 1.26. The van der Waals surface area contributed by atoms with Gasteiger partial charge in [0.05, 0.1) is 29.3 Å². The average molecular weight is 539 g/mol. The van der Waals surface area contributed by atoms with Gasteiger partial charge in [-0.3, -0.25) is 14.5 Å². The van der Waals surface area contributed by atoms with Gasteiger partial charge in [0.1, 0.15) is 10.8 Å². The summed E-state index contributed by atoms with van der Waals surface area (Å²) in [6, 6.07) is 23.7. The number of carbonyl (C=O) groups excluding carboxylic acids is 2. The van der Waals surface area contributed by atoms with Crippen LogP contribution in [-0.4, -0.2) is 28.9 Å². The van der Waals surface area contributed by atoms with Crippen LogP contribution in [0, 0.1) is 6.92 Å². The molecule has 1 unspecified atom stereocenters. The Morgan fingerprint density at radius 2 is 1.69 bits per heavy atom. The predicted octanol–water partition coefficient (Wildman–Crippen LogP) is 7.21. The Labute approximate surface area is 232 Å². The number of thiazole rings is 1. The van der Waals surface area contributed by atoms with E-state index in [0.717, 1.165) is 11.1 Å². The summed E-state index contributed by atoms with van der Waals surface area (Å²) in [4.78, 5) is 34.2. The van der Waals surface area contributed by atoms with Gasteiger partial charge in [-0.15, -0.1) is 11.3 Å². The van der Waals surface area contributed by atoms with Gasteiger partial charge in [0.2, 0.25) is 5.78 Å². The fourth-order valence-electron chi connectivity index (χ4n) is 4.79. The molecule has 2 heterocycles. The number of aliphatic hydroxyl groups excluding tert-OH is 1. The van der Waals surface area contributed by atoms with Crippen LogP contribution >= 0.6 is 11.3 Å². The number of anilines is 1. The highest BCUT2D eigenvalue weighted by atomic mass is 32.1. The highest BCUT2D eigenvalue weighted by Crippen LogP contribution is 2.44. The third-order valence-electron chi connectivity index (χ3n) is 6.90. The van der Waals surface area contributed by atoms with E-state index in [1.54, 1.807) is 26.2 Å². The minimum Gasteiger partial charge on any atom is -0.503 e. The van der Waals surface area contributed by atoms with Gasteiger partial charge in [0.25, 0.3) is 5.91 Å². The first kappa shape index (κ1) is 26.4. The molecule has 1 aliphatic rings. The van der Waals surface area contributed by atoms with E-state index in [0.29, 0.717) is 32.6 Å². The van der Waals surface area contributed by atoms with Crippen molar-refractivity contribution < 1.29 is 19.4 Å². The Morgan fingerprint density at radius 1 is 1.00 bits per heavy atom. The topological polar surface area (TPSA) is 79.7 Å². The van der Waals surface area contributed by atoms with Gasteiger partial charge in [-0.05, 0) is 47.7 Å². The van der Waals surface area contributed by atoms with Crippen molar-refractivity contribution >= 4 is 28.7 Å². The second kappa shape index (κ2) is 10.2. The van der Waals surface area contributed by atoms with Gasteiger partial charge < -0.3 is 9.84 Å². The number of hydrogen-bond acceptors (Lipinski definition) is 6. The molecule has 0 spiro atoms. The molecule has 1 atom stereocenters. The number of methoxy groups -OCH3 is 1. The standard InChI is InChI=1S/C32H30N2O4S/c1-19-29(39-30(33-19)20-10-7-6-8-11-20)27(35)25-26(21-12-9-13-24(18-21)38-5)34(31(37)28(25)36)23-16-14-22(15-17-23)32(2,3)4/h6-18,26,36H,1-5H3. The van der Waals surface area contributed by atoms with Crippen molar-refractivity contribution in [1.82, 2.24) is 4.98 Å². The first-order valence-electron chi connectivity index (χ1n) is 12.7. The molecule has 7 heteroatoms. The number of benzene rings is 3. The second-order valence-corrected chi connectivity index (χ2v) is 11.5. The lowest BCUT2D eigenvalue weighted by Crippen LogP contribution is -2.31. The molecule has 198 valence electrons. The maximum atomic E-state index is 14.1. The number of ketones is 1. The summed E-state index contributed by atoms with van der Waals surface area (Å²) in [5.41, 5.74) is 3.75. The largest absolute Gasteiger partial charge is 0.503 e. The number of hydrogen-bond donors (Lipinski definition) is 1. The van der Waals surface area contributed by atoms with Gasteiger partial charge in [0.15, 0.2) is 5.76 Å². The van der Waals surface area contributed by atoms with Crippen LogP contribution in [0.5, 0.6) is 5.75 Å². The number of amides is 1. The van der Waals surface area contributed by atoms with Crippen LogP contribution in [0.15, 0.2) is 90.2 Å². The maximum Gasteiger partial charge on any atom is 0.294 e. The van der Waals surface area contributed by atoms with Crippen molar-refractivity contribution in [2.24, 2.45) is 0 Å². The fourth-order valence-corrected chi connectivity index (χ4v) is 5.81. The molecular formula is C32H30N2O4S. The Kier molecular flexibility index (Phi) is 6.87. The summed E-state index contributed by atoms with van der Waals surface area (Å²) in [6.45, 7) is 8.13. The van der Waals surface area contributed by atoms with Gasteiger partial charge in [-0.25, -0.2) is 4.98 Å². The third kappa shape index (κ3) is 4.86. The molecule has 1 N–H and O–H groups in total. The van der Waals surface area contributed by atoms with Crippen LogP contribution in [0.4, 0.5) is 5.69 Å². The first-order chi connectivity index (χ1) is 18.6. The SMILES string of the molecule is COc1cccc(C2C(C(=O)c3sc(-c4ccccc4)nc3C)=C(O)C(=O)N2c2ccc(C(C)(C)C)cc2)c1. The number of Topliss-reactive ketones (excluding diaryl/α,β-unsaturated/α-hetero) is 1. The van der Waals surface area contributed by atoms with E-state index in [4.69, 9.17) is 4.74 Å². The Hall–Kier alpha value is -4.23. The lowest BCUT2D eigenvalue weighted by atomic mass is 9.87. The van der Waals surface area contributed by atoms with Crippen molar-refractivity contribution in [2.45, 2.75) is 39.2 Å². The van der Waals surface area contributed by atoms with Crippen molar-refractivity contribution in [1.29, 1.82) is 0 Å². The predicted molar refractivity (Wildman–Crippen MR) is 155 cm³/mol. The van der Waals surface area contributed by atoms with Gasteiger partial charge in [-0.2, -0.15) is 0 Å². The first-order valence-corrected chi connectivity index (χ1v) is 13.5. The highest BCUT2D eigenvalue weighted by Gasteiger charge is 2.45. The zero-order valence-corrected chi connectivity index (χ0v) is 23.4. The summed E-state index contributed by atoms with van der Waals surface area (Å²) in [5.74, 6) is -1.01. The number of ether oxygens (including phenoxy) is 1. The Bertz CT molecular complexity index is 1580. The van der Waals surface area contributed by atoms with Crippen molar-refractivity contribution in [3.63, 3.8) is 0 Å².